The SMILES string of the molecule is Cc1cccc(-c2noc3c2C(=O)CC3)c1. The molecule has 0 atom stereocenters. The molecule has 1 aliphatic carbocycles. The van der Waals surface area contributed by atoms with Crippen LogP contribution in [0.4, 0.5) is 0 Å². The maximum Gasteiger partial charge on any atom is 0.169 e. The van der Waals surface area contributed by atoms with E-state index in [0.717, 1.165) is 16.9 Å². The number of Topliss-reactive ketones (excluding diaryl/α,β-unsaturated/α-hetero) is 1. The van der Waals surface area contributed by atoms with Crippen LogP contribution in [0.3, 0.4) is 0 Å². The first-order valence-corrected chi connectivity index (χ1v) is 5.34. The highest BCUT2D eigenvalue weighted by Gasteiger charge is 2.29. The average Bonchev–Trinajstić information content (AvgIpc) is 2.82. The number of hydrogen-bond acceptors (Lipinski definition) is 3. The van der Waals surface area contributed by atoms with E-state index in [1.807, 2.05) is 31.2 Å². The summed E-state index contributed by atoms with van der Waals surface area (Å²) in [5.74, 6) is 0.884. The molecule has 0 amide bonds. The van der Waals surface area contributed by atoms with Gasteiger partial charge >= 0.3 is 0 Å². The van der Waals surface area contributed by atoms with Crippen molar-refractivity contribution >= 4 is 5.78 Å². The Morgan fingerprint density at radius 2 is 2.19 bits per heavy atom. The van der Waals surface area contributed by atoms with Crippen LogP contribution in [-0.4, -0.2) is 10.9 Å². The Balaban J connectivity index is 2.18. The Morgan fingerprint density at radius 1 is 1.31 bits per heavy atom. The van der Waals surface area contributed by atoms with Gasteiger partial charge in [-0.25, -0.2) is 0 Å². The predicted molar refractivity (Wildman–Crippen MR) is 59.3 cm³/mol. The van der Waals surface area contributed by atoms with Gasteiger partial charge in [-0.05, 0) is 13.0 Å². The first-order valence-electron chi connectivity index (χ1n) is 5.34. The second-order valence-electron chi connectivity index (χ2n) is 4.12. The smallest absolute Gasteiger partial charge is 0.169 e. The Bertz CT molecular complexity index is 569. The fraction of sp³-hybridized carbons (Fsp3) is 0.231. The summed E-state index contributed by atoms with van der Waals surface area (Å²) < 4.78 is 5.20. The average molecular weight is 213 g/mol. The number of hydrogen-bond donors (Lipinski definition) is 0. The van der Waals surface area contributed by atoms with Crippen molar-refractivity contribution in [3.05, 3.63) is 41.2 Å². The van der Waals surface area contributed by atoms with Crippen LogP contribution in [0.2, 0.25) is 0 Å². The number of fused-ring (bicyclic) bond motifs is 1. The van der Waals surface area contributed by atoms with Gasteiger partial charge in [0.05, 0.1) is 5.56 Å². The van der Waals surface area contributed by atoms with Crippen molar-refractivity contribution in [2.75, 3.05) is 0 Å². The molecule has 0 aliphatic heterocycles. The summed E-state index contributed by atoms with van der Waals surface area (Å²) in [6, 6.07) is 7.96. The Kier molecular flexibility index (Phi) is 1.93. The summed E-state index contributed by atoms with van der Waals surface area (Å²) in [5, 5.41) is 4.00. The van der Waals surface area contributed by atoms with Crippen molar-refractivity contribution in [2.24, 2.45) is 0 Å². The van der Waals surface area contributed by atoms with E-state index in [1.165, 1.54) is 0 Å². The highest BCUT2D eigenvalue weighted by molar-refractivity contribution is 6.04. The van der Waals surface area contributed by atoms with Crippen LogP contribution in [0.1, 0.15) is 28.1 Å². The van der Waals surface area contributed by atoms with Gasteiger partial charge < -0.3 is 4.52 Å². The molecule has 0 saturated heterocycles. The van der Waals surface area contributed by atoms with E-state index in [0.29, 0.717) is 24.1 Å². The van der Waals surface area contributed by atoms with Crippen LogP contribution in [-0.2, 0) is 6.42 Å². The maximum absolute atomic E-state index is 11.7. The first-order chi connectivity index (χ1) is 7.75. The summed E-state index contributed by atoms with van der Waals surface area (Å²) in [6.45, 7) is 2.02. The minimum atomic E-state index is 0.146. The molecule has 0 N–H and O–H groups in total. The second-order valence-corrected chi connectivity index (χ2v) is 4.12. The summed E-state index contributed by atoms with van der Waals surface area (Å²) in [6.07, 6.45) is 1.24. The summed E-state index contributed by atoms with van der Waals surface area (Å²) >= 11 is 0. The van der Waals surface area contributed by atoms with Crippen LogP contribution in [0, 0.1) is 6.92 Å². The van der Waals surface area contributed by atoms with Crippen LogP contribution in [0.5, 0.6) is 0 Å². The van der Waals surface area contributed by atoms with Crippen molar-refractivity contribution in [3.8, 4) is 11.3 Å². The monoisotopic (exact) mass is 213 g/mol. The van der Waals surface area contributed by atoms with Crippen molar-refractivity contribution in [3.63, 3.8) is 0 Å². The number of aromatic nitrogens is 1. The highest BCUT2D eigenvalue weighted by atomic mass is 16.5. The molecule has 0 saturated carbocycles. The topological polar surface area (TPSA) is 43.1 Å². The first kappa shape index (κ1) is 9.33. The van der Waals surface area contributed by atoms with Crippen LogP contribution in [0.15, 0.2) is 28.8 Å². The number of aryl methyl sites for hydroxylation is 2. The molecule has 3 rings (SSSR count). The van der Waals surface area contributed by atoms with Gasteiger partial charge in [0.2, 0.25) is 0 Å². The number of nitrogens with zero attached hydrogens (tertiary/aromatic N) is 1. The molecule has 16 heavy (non-hydrogen) atoms. The van der Waals surface area contributed by atoms with Crippen molar-refractivity contribution in [1.82, 2.24) is 5.16 Å². The Labute approximate surface area is 93.1 Å². The second kappa shape index (κ2) is 3.30. The molecule has 0 fully saturated rings. The predicted octanol–water partition coefficient (Wildman–Crippen LogP) is 2.78. The third kappa shape index (κ3) is 1.28. The lowest BCUT2D eigenvalue weighted by molar-refractivity contribution is 0.0995. The largest absolute Gasteiger partial charge is 0.360 e. The zero-order chi connectivity index (χ0) is 11.1. The molecular formula is C13H11NO2. The molecule has 0 unspecified atom stereocenters. The molecule has 0 radical (unpaired) electrons. The summed E-state index contributed by atoms with van der Waals surface area (Å²) in [5.41, 5.74) is 3.49. The summed E-state index contributed by atoms with van der Waals surface area (Å²) in [4.78, 5) is 11.7. The number of rotatable bonds is 1. The normalized spacial score (nSPS) is 14.2. The lowest BCUT2D eigenvalue weighted by Gasteiger charge is -1.99. The number of carbonyl (C=O) groups excluding carboxylic acids is 1. The van der Waals surface area contributed by atoms with Gasteiger partial charge in [0.1, 0.15) is 11.5 Å². The van der Waals surface area contributed by atoms with Crippen LogP contribution < -0.4 is 0 Å². The molecule has 2 aromatic rings. The number of benzene rings is 1. The van der Waals surface area contributed by atoms with E-state index < -0.39 is 0 Å². The van der Waals surface area contributed by atoms with Gasteiger partial charge in [-0.15, -0.1) is 0 Å². The molecule has 0 spiro atoms. The van der Waals surface area contributed by atoms with E-state index in [4.69, 9.17) is 4.52 Å². The van der Waals surface area contributed by atoms with E-state index in [1.54, 1.807) is 0 Å². The molecule has 1 heterocycles. The van der Waals surface area contributed by atoms with Gasteiger partial charge in [0.15, 0.2) is 5.78 Å². The van der Waals surface area contributed by atoms with Crippen molar-refractivity contribution in [2.45, 2.75) is 19.8 Å². The van der Waals surface area contributed by atoms with Gasteiger partial charge in [-0.1, -0.05) is 28.9 Å². The van der Waals surface area contributed by atoms with Gasteiger partial charge in [-0.3, -0.25) is 4.79 Å². The highest BCUT2D eigenvalue weighted by Crippen LogP contribution is 2.31. The van der Waals surface area contributed by atoms with E-state index in [2.05, 4.69) is 5.16 Å². The van der Waals surface area contributed by atoms with E-state index in [9.17, 15) is 4.79 Å². The number of carbonyl (C=O) groups is 1. The molecule has 3 heteroatoms. The van der Waals surface area contributed by atoms with E-state index >= 15 is 0 Å². The fourth-order valence-electron chi connectivity index (χ4n) is 2.12. The van der Waals surface area contributed by atoms with Crippen molar-refractivity contribution in [1.29, 1.82) is 0 Å². The molecule has 0 bridgehead atoms. The molecular weight excluding hydrogens is 202 g/mol. The lowest BCUT2D eigenvalue weighted by atomic mass is 10.0. The zero-order valence-electron chi connectivity index (χ0n) is 8.99. The van der Waals surface area contributed by atoms with E-state index in [-0.39, 0.29) is 5.78 Å². The Morgan fingerprint density at radius 3 is 3.00 bits per heavy atom. The summed E-state index contributed by atoms with van der Waals surface area (Å²) in [7, 11) is 0. The van der Waals surface area contributed by atoms with Crippen LogP contribution >= 0.6 is 0 Å². The molecule has 80 valence electrons. The van der Waals surface area contributed by atoms with Crippen LogP contribution in [0.25, 0.3) is 11.3 Å². The molecule has 3 nitrogen and oxygen atoms in total. The zero-order valence-corrected chi connectivity index (χ0v) is 8.99. The van der Waals surface area contributed by atoms with Gasteiger partial charge in [-0.2, -0.15) is 0 Å². The third-order valence-corrected chi connectivity index (χ3v) is 2.91. The quantitative estimate of drug-likeness (QED) is 0.731. The maximum atomic E-state index is 11.7. The van der Waals surface area contributed by atoms with Crippen molar-refractivity contribution < 1.29 is 9.32 Å². The molecule has 1 aromatic carbocycles. The Hall–Kier alpha value is -1.90. The minimum absolute atomic E-state index is 0.146. The minimum Gasteiger partial charge on any atom is -0.360 e. The molecule has 1 aliphatic rings. The fourth-order valence-corrected chi connectivity index (χ4v) is 2.12. The standard InChI is InChI=1S/C13H11NO2/c1-8-3-2-4-9(7-8)13-12-10(15)5-6-11(12)16-14-13/h2-4,7H,5-6H2,1H3. The van der Waals surface area contributed by atoms with Gasteiger partial charge in [0, 0.05) is 18.4 Å². The molecule has 1 aromatic heterocycles. The third-order valence-electron chi connectivity index (χ3n) is 2.91. The lowest BCUT2D eigenvalue weighted by Crippen LogP contribution is -1.93. The number of ketones is 1. The van der Waals surface area contributed by atoms with Gasteiger partial charge in [0.25, 0.3) is 0 Å².